The van der Waals surface area contributed by atoms with Crippen LogP contribution in [0, 0.1) is 12.7 Å². The van der Waals surface area contributed by atoms with Gasteiger partial charge in [0.05, 0.1) is 0 Å². The second kappa shape index (κ2) is 4.68. The molecule has 2 aromatic carbocycles. The molecule has 0 N–H and O–H groups in total. The molecule has 17 heavy (non-hydrogen) atoms. The summed E-state index contributed by atoms with van der Waals surface area (Å²) in [5.41, 5.74) is 1.31. The van der Waals surface area contributed by atoms with Gasteiger partial charge in [0.2, 0.25) is 0 Å². The van der Waals surface area contributed by atoms with Gasteiger partial charge in [-0.3, -0.25) is 4.79 Å². The molecule has 0 aromatic heterocycles. The van der Waals surface area contributed by atoms with E-state index in [4.69, 9.17) is 11.6 Å². The Bertz CT molecular complexity index is 578. The predicted molar refractivity (Wildman–Crippen MR) is 66.0 cm³/mol. The van der Waals surface area contributed by atoms with E-state index in [0.717, 1.165) is 0 Å². The molecule has 0 saturated carbocycles. The highest BCUT2D eigenvalue weighted by molar-refractivity contribution is 6.31. The lowest BCUT2D eigenvalue weighted by molar-refractivity contribution is 0.103. The van der Waals surface area contributed by atoms with Gasteiger partial charge in [0.25, 0.3) is 0 Å². The fraction of sp³-hybridized carbons (Fsp3) is 0.0714. The van der Waals surface area contributed by atoms with E-state index < -0.39 is 0 Å². The number of hydrogen-bond acceptors (Lipinski definition) is 1. The van der Waals surface area contributed by atoms with Gasteiger partial charge in [0.15, 0.2) is 5.78 Å². The van der Waals surface area contributed by atoms with Gasteiger partial charge >= 0.3 is 0 Å². The molecule has 1 nitrogen and oxygen atoms in total. The Kier molecular flexibility index (Phi) is 3.25. The molecule has 0 amide bonds. The molecule has 0 heterocycles. The first-order chi connectivity index (χ1) is 8.08. The highest BCUT2D eigenvalue weighted by Gasteiger charge is 2.10. The van der Waals surface area contributed by atoms with Crippen molar-refractivity contribution >= 4 is 17.4 Å². The zero-order valence-electron chi connectivity index (χ0n) is 9.21. The van der Waals surface area contributed by atoms with Crippen molar-refractivity contribution in [3.05, 3.63) is 70.0 Å². The van der Waals surface area contributed by atoms with E-state index in [2.05, 4.69) is 0 Å². The Balaban J connectivity index is 2.40. The van der Waals surface area contributed by atoms with Gasteiger partial charge in [0, 0.05) is 16.1 Å². The third-order valence-electron chi connectivity index (χ3n) is 2.52. The fourth-order valence-corrected chi connectivity index (χ4v) is 1.72. The summed E-state index contributed by atoms with van der Waals surface area (Å²) >= 11 is 5.81. The number of aryl methyl sites for hydroxylation is 1. The zero-order valence-corrected chi connectivity index (χ0v) is 9.96. The lowest BCUT2D eigenvalue weighted by atomic mass is 10.0. The Morgan fingerprint density at radius 3 is 2.47 bits per heavy atom. The Labute approximate surface area is 104 Å². The van der Waals surface area contributed by atoms with Crippen LogP contribution in [0.1, 0.15) is 21.5 Å². The smallest absolute Gasteiger partial charge is 0.193 e. The summed E-state index contributed by atoms with van der Waals surface area (Å²) in [6.07, 6.45) is 0. The molecule has 0 spiro atoms. The van der Waals surface area contributed by atoms with Crippen molar-refractivity contribution in [3.63, 3.8) is 0 Å². The van der Waals surface area contributed by atoms with Gasteiger partial charge in [-0.1, -0.05) is 35.9 Å². The number of benzene rings is 2. The molecule has 86 valence electrons. The van der Waals surface area contributed by atoms with E-state index in [9.17, 15) is 9.18 Å². The number of rotatable bonds is 2. The van der Waals surface area contributed by atoms with Crippen LogP contribution in [-0.4, -0.2) is 5.78 Å². The first kappa shape index (κ1) is 11.8. The minimum atomic E-state index is -0.377. The molecule has 0 aliphatic carbocycles. The molecule has 0 bridgehead atoms. The summed E-state index contributed by atoms with van der Waals surface area (Å²) in [4.78, 5) is 12.0. The monoisotopic (exact) mass is 248 g/mol. The lowest BCUT2D eigenvalue weighted by Crippen LogP contribution is -2.02. The molecule has 0 aliphatic heterocycles. The van der Waals surface area contributed by atoms with Crippen molar-refractivity contribution in [1.29, 1.82) is 0 Å². The summed E-state index contributed by atoms with van der Waals surface area (Å²) in [7, 11) is 0. The highest BCUT2D eigenvalue weighted by atomic mass is 35.5. The Morgan fingerprint density at radius 2 is 1.82 bits per heavy atom. The molecule has 0 aliphatic rings. The maximum absolute atomic E-state index is 13.4. The normalized spacial score (nSPS) is 10.3. The number of halogens is 2. The lowest BCUT2D eigenvalue weighted by Gasteiger charge is -2.03. The number of carbonyl (C=O) groups excluding carboxylic acids is 1. The minimum absolute atomic E-state index is 0.230. The zero-order chi connectivity index (χ0) is 12.4. The van der Waals surface area contributed by atoms with Gasteiger partial charge in [-0.15, -0.1) is 0 Å². The van der Waals surface area contributed by atoms with Crippen molar-refractivity contribution in [3.8, 4) is 0 Å². The van der Waals surface area contributed by atoms with Crippen LogP contribution in [0.5, 0.6) is 0 Å². The number of hydrogen-bond donors (Lipinski definition) is 0. The third kappa shape index (κ3) is 2.53. The molecular weight excluding hydrogens is 239 g/mol. The second-order valence-corrected chi connectivity index (χ2v) is 4.24. The van der Waals surface area contributed by atoms with Crippen molar-refractivity contribution in [2.75, 3.05) is 0 Å². The average molecular weight is 249 g/mol. The standard InChI is InChI=1S/C14H10ClFO/c1-9-5-6-11(8-13(9)16)14(17)10-3-2-4-12(15)7-10/h2-8H,1H3. The molecule has 2 aromatic rings. The van der Waals surface area contributed by atoms with Crippen molar-refractivity contribution in [2.45, 2.75) is 6.92 Å². The minimum Gasteiger partial charge on any atom is -0.289 e. The Hall–Kier alpha value is -1.67. The molecule has 0 fully saturated rings. The first-order valence-electron chi connectivity index (χ1n) is 5.14. The molecule has 0 saturated heterocycles. The molecule has 2 rings (SSSR count). The van der Waals surface area contributed by atoms with Gasteiger partial charge < -0.3 is 0 Å². The van der Waals surface area contributed by atoms with Crippen LogP contribution < -0.4 is 0 Å². The van der Waals surface area contributed by atoms with E-state index >= 15 is 0 Å². The first-order valence-corrected chi connectivity index (χ1v) is 5.52. The summed E-state index contributed by atoms with van der Waals surface area (Å²) < 4.78 is 13.4. The van der Waals surface area contributed by atoms with Crippen molar-refractivity contribution in [1.82, 2.24) is 0 Å². The van der Waals surface area contributed by atoms with Gasteiger partial charge in [-0.2, -0.15) is 0 Å². The Morgan fingerprint density at radius 1 is 1.12 bits per heavy atom. The van der Waals surface area contributed by atoms with E-state index in [1.807, 2.05) is 0 Å². The van der Waals surface area contributed by atoms with Gasteiger partial charge in [-0.05, 0) is 30.7 Å². The average Bonchev–Trinajstić information content (AvgIpc) is 2.32. The summed E-state index contributed by atoms with van der Waals surface area (Å²) in [6, 6.07) is 11.1. The van der Waals surface area contributed by atoms with E-state index in [1.165, 1.54) is 6.07 Å². The molecule has 0 radical (unpaired) electrons. The summed E-state index contributed by atoms with van der Waals surface area (Å²) in [5, 5.41) is 0.489. The van der Waals surface area contributed by atoms with Crippen LogP contribution in [0.3, 0.4) is 0 Å². The van der Waals surface area contributed by atoms with Crippen LogP contribution in [0.4, 0.5) is 4.39 Å². The predicted octanol–water partition coefficient (Wildman–Crippen LogP) is 4.02. The maximum Gasteiger partial charge on any atom is 0.193 e. The highest BCUT2D eigenvalue weighted by Crippen LogP contribution is 2.16. The summed E-state index contributed by atoms with van der Waals surface area (Å²) in [5.74, 6) is -0.607. The van der Waals surface area contributed by atoms with Crippen LogP contribution in [0.2, 0.25) is 5.02 Å². The van der Waals surface area contributed by atoms with Crippen LogP contribution in [0.15, 0.2) is 42.5 Å². The quantitative estimate of drug-likeness (QED) is 0.734. The maximum atomic E-state index is 13.4. The molecule has 0 atom stereocenters. The molecular formula is C14H10ClFO. The van der Waals surface area contributed by atoms with Crippen molar-refractivity contribution in [2.24, 2.45) is 0 Å². The molecule has 0 unspecified atom stereocenters. The van der Waals surface area contributed by atoms with Crippen LogP contribution in [-0.2, 0) is 0 Å². The topological polar surface area (TPSA) is 17.1 Å². The third-order valence-corrected chi connectivity index (χ3v) is 2.76. The molecule has 3 heteroatoms. The van der Waals surface area contributed by atoms with Crippen LogP contribution in [0.25, 0.3) is 0 Å². The van der Waals surface area contributed by atoms with Gasteiger partial charge in [-0.25, -0.2) is 4.39 Å². The van der Waals surface area contributed by atoms with E-state index in [0.29, 0.717) is 21.7 Å². The SMILES string of the molecule is Cc1ccc(C(=O)c2cccc(Cl)c2)cc1F. The van der Waals surface area contributed by atoms with E-state index in [1.54, 1.807) is 43.3 Å². The van der Waals surface area contributed by atoms with Gasteiger partial charge in [0.1, 0.15) is 5.82 Å². The van der Waals surface area contributed by atoms with E-state index in [-0.39, 0.29) is 11.6 Å². The number of ketones is 1. The second-order valence-electron chi connectivity index (χ2n) is 3.80. The largest absolute Gasteiger partial charge is 0.289 e. The fourth-order valence-electron chi connectivity index (χ4n) is 1.53. The summed E-state index contributed by atoms with van der Waals surface area (Å²) in [6.45, 7) is 1.66. The van der Waals surface area contributed by atoms with Crippen LogP contribution >= 0.6 is 11.6 Å². The van der Waals surface area contributed by atoms with Crippen molar-refractivity contribution < 1.29 is 9.18 Å². The number of carbonyl (C=O) groups is 1.